The summed E-state index contributed by atoms with van der Waals surface area (Å²) in [5, 5.41) is 10.6. The second-order valence-corrected chi connectivity index (χ2v) is 4.79. The van der Waals surface area contributed by atoms with Gasteiger partial charge in [-0.15, -0.1) is 0 Å². The van der Waals surface area contributed by atoms with E-state index in [1.54, 1.807) is 6.92 Å². The first-order valence-corrected chi connectivity index (χ1v) is 5.60. The Morgan fingerprint density at radius 2 is 2.13 bits per heavy atom. The van der Waals surface area contributed by atoms with Crippen molar-refractivity contribution in [2.75, 3.05) is 26.7 Å². The fourth-order valence-electron chi connectivity index (χ4n) is 2.95. The van der Waals surface area contributed by atoms with Gasteiger partial charge in [-0.2, -0.15) is 0 Å². The molecular weight excluding hydrogens is 194 g/mol. The van der Waals surface area contributed by atoms with Crippen molar-refractivity contribution in [1.29, 1.82) is 0 Å². The minimum Gasteiger partial charge on any atom is -0.469 e. The lowest BCUT2D eigenvalue weighted by atomic mass is 9.69. The van der Waals surface area contributed by atoms with Crippen LogP contribution in [0.2, 0.25) is 0 Å². The summed E-state index contributed by atoms with van der Waals surface area (Å²) in [6.07, 6.45) is 2.00. The lowest BCUT2D eigenvalue weighted by molar-refractivity contribution is -0.175. The molecule has 3 heterocycles. The molecule has 86 valence electrons. The van der Waals surface area contributed by atoms with E-state index in [-0.39, 0.29) is 11.9 Å². The van der Waals surface area contributed by atoms with E-state index in [0.717, 1.165) is 25.9 Å². The van der Waals surface area contributed by atoms with Crippen molar-refractivity contribution in [3.63, 3.8) is 0 Å². The zero-order valence-electron chi connectivity index (χ0n) is 9.40. The van der Waals surface area contributed by atoms with E-state index >= 15 is 0 Å². The summed E-state index contributed by atoms with van der Waals surface area (Å²) in [7, 11) is 1.38. The molecule has 3 aliphatic rings. The van der Waals surface area contributed by atoms with Crippen molar-refractivity contribution in [2.24, 2.45) is 11.8 Å². The van der Waals surface area contributed by atoms with E-state index in [1.165, 1.54) is 7.11 Å². The summed E-state index contributed by atoms with van der Waals surface area (Å²) in [6.45, 7) is 4.50. The minimum atomic E-state index is -0.871. The van der Waals surface area contributed by atoms with E-state index in [9.17, 15) is 9.90 Å². The van der Waals surface area contributed by atoms with Crippen molar-refractivity contribution in [3.8, 4) is 0 Å². The zero-order chi connectivity index (χ0) is 11.1. The summed E-state index contributed by atoms with van der Waals surface area (Å²) >= 11 is 0. The van der Waals surface area contributed by atoms with Gasteiger partial charge in [0.25, 0.3) is 0 Å². The average molecular weight is 213 g/mol. The first-order valence-electron chi connectivity index (χ1n) is 5.60. The maximum atomic E-state index is 11.5. The molecule has 2 bridgehead atoms. The number of rotatable bonds is 2. The predicted octanol–water partition coefficient (Wildman–Crippen LogP) is 0.252. The molecule has 3 aliphatic heterocycles. The van der Waals surface area contributed by atoms with Gasteiger partial charge >= 0.3 is 5.97 Å². The molecule has 2 atom stereocenters. The van der Waals surface area contributed by atoms with Gasteiger partial charge in [-0.1, -0.05) is 0 Å². The Kier molecular flexibility index (Phi) is 2.73. The Bertz CT molecular complexity index is 261. The monoisotopic (exact) mass is 213 g/mol. The molecule has 0 aromatic heterocycles. The topological polar surface area (TPSA) is 49.8 Å². The van der Waals surface area contributed by atoms with Gasteiger partial charge < -0.3 is 14.7 Å². The van der Waals surface area contributed by atoms with Crippen LogP contribution < -0.4 is 0 Å². The Balaban J connectivity index is 2.15. The number of hydrogen-bond donors (Lipinski definition) is 1. The van der Waals surface area contributed by atoms with Gasteiger partial charge in [-0.05, 0) is 38.8 Å². The molecule has 0 spiro atoms. The normalized spacial score (nSPS) is 41.3. The number of fused-ring (bicyclic) bond motifs is 3. The van der Waals surface area contributed by atoms with E-state index in [4.69, 9.17) is 4.74 Å². The summed E-state index contributed by atoms with van der Waals surface area (Å²) in [5.74, 6) is -0.460. The van der Waals surface area contributed by atoms with Crippen LogP contribution in [-0.2, 0) is 9.53 Å². The van der Waals surface area contributed by atoms with Crippen molar-refractivity contribution in [2.45, 2.75) is 25.4 Å². The molecule has 0 radical (unpaired) electrons. The molecule has 0 aliphatic carbocycles. The van der Waals surface area contributed by atoms with Crippen LogP contribution in [0.1, 0.15) is 19.8 Å². The number of carbonyl (C=O) groups excluding carboxylic acids is 1. The lowest BCUT2D eigenvalue weighted by Crippen LogP contribution is -2.63. The molecule has 1 N–H and O–H groups in total. The fraction of sp³-hybridized carbons (Fsp3) is 0.909. The van der Waals surface area contributed by atoms with Crippen LogP contribution >= 0.6 is 0 Å². The second-order valence-electron chi connectivity index (χ2n) is 4.79. The average Bonchev–Trinajstić information content (AvgIpc) is 2.28. The number of methoxy groups -OCH3 is 1. The molecule has 0 aromatic rings. The number of piperidine rings is 3. The number of hydrogen-bond acceptors (Lipinski definition) is 4. The lowest BCUT2D eigenvalue weighted by Gasteiger charge is -2.52. The van der Waals surface area contributed by atoms with Crippen molar-refractivity contribution in [1.82, 2.24) is 4.90 Å². The van der Waals surface area contributed by atoms with Crippen LogP contribution in [0.3, 0.4) is 0 Å². The van der Waals surface area contributed by atoms with Crippen LogP contribution in [0.5, 0.6) is 0 Å². The maximum Gasteiger partial charge on any atom is 0.311 e. The SMILES string of the molecule is COC(=O)C(C)C1(O)CN2CCC1CC2. The Morgan fingerprint density at radius 3 is 2.53 bits per heavy atom. The van der Waals surface area contributed by atoms with Crippen LogP contribution in [0.15, 0.2) is 0 Å². The third kappa shape index (κ3) is 1.66. The molecule has 15 heavy (non-hydrogen) atoms. The number of carbonyl (C=O) groups is 1. The summed E-state index contributed by atoms with van der Waals surface area (Å²) in [5.41, 5.74) is -0.871. The molecule has 2 unspecified atom stereocenters. The van der Waals surface area contributed by atoms with E-state index in [0.29, 0.717) is 6.54 Å². The molecule has 4 nitrogen and oxygen atoms in total. The molecule has 0 aromatic carbocycles. The minimum absolute atomic E-state index is 0.261. The Morgan fingerprint density at radius 1 is 1.53 bits per heavy atom. The molecule has 3 rings (SSSR count). The highest BCUT2D eigenvalue weighted by Crippen LogP contribution is 2.40. The summed E-state index contributed by atoms with van der Waals surface area (Å²) in [4.78, 5) is 13.7. The molecule has 3 fully saturated rings. The first kappa shape index (κ1) is 10.9. The van der Waals surface area contributed by atoms with Gasteiger partial charge in [-0.25, -0.2) is 0 Å². The molecule has 0 saturated carbocycles. The largest absolute Gasteiger partial charge is 0.469 e. The van der Waals surface area contributed by atoms with Crippen molar-refractivity contribution < 1.29 is 14.6 Å². The van der Waals surface area contributed by atoms with Gasteiger partial charge in [0, 0.05) is 6.54 Å². The standard InChI is InChI=1S/C11H19NO3/c1-8(10(13)15-2)11(14)7-12-5-3-9(11)4-6-12/h8-9,14H,3-7H2,1-2H3. The predicted molar refractivity (Wildman–Crippen MR) is 55.3 cm³/mol. The highest BCUT2D eigenvalue weighted by molar-refractivity contribution is 5.73. The van der Waals surface area contributed by atoms with Crippen LogP contribution in [-0.4, -0.2) is 48.3 Å². The molecule has 0 amide bonds. The summed E-state index contributed by atoms with van der Waals surface area (Å²) < 4.78 is 4.72. The highest BCUT2D eigenvalue weighted by Gasteiger charge is 2.51. The van der Waals surface area contributed by atoms with Crippen LogP contribution in [0.25, 0.3) is 0 Å². The van der Waals surface area contributed by atoms with Gasteiger partial charge in [0.05, 0.1) is 18.6 Å². The summed E-state index contributed by atoms with van der Waals surface area (Å²) in [6, 6.07) is 0. The van der Waals surface area contributed by atoms with E-state index < -0.39 is 11.5 Å². The number of ether oxygens (including phenoxy) is 1. The van der Waals surface area contributed by atoms with Gasteiger partial charge in [-0.3, -0.25) is 4.79 Å². The van der Waals surface area contributed by atoms with Crippen molar-refractivity contribution in [3.05, 3.63) is 0 Å². The molecule has 3 saturated heterocycles. The number of nitrogens with zero attached hydrogens (tertiary/aromatic N) is 1. The van der Waals surface area contributed by atoms with Gasteiger partial charge in [0.1, 0.15) is 0 Å². The fourth-order valence-corrected chi connectivity index (χ4v) is 2.95. The zero-order valence-corrected chi connectivity index (χ0v) is 9.40. The quantitative estimate of drug-likeness (QED) is 0.668. The van der Waals surface area contributed by atoms with E-state index in [2.05, 4.69) is 4.90 Å². The van der Waals surface area contributed by atoms with Crippen molar-refractivity contribution >= 4 is 5.97 Å². The third-order valence-corrected chi connectivity index (χ3v) is 4.08. The molecular formula is C11H19NO3. The third-order valence-electron chi connectivity index (χ3n) is 4.08. The van der Waals surface area contributed by atoms with E-state index in [1.807, 2.05) is 0 Å². The smallest absolute Gasteiger partial charge is 0.311 e. The van der Waals surface area contributed by atoms with Gasteiger partial charge in [0.15, 0.2) is 0 Å². The number of esters is 1. The molecule has 4 heteroatoms. The Hall–Kier alpha value is -0.610. The maximum absolute atomic E-state index is 11.5. The van der Waals surface area contributed by atoms with Crippen LogP contribution in [0.4, 0.5) is 0 Å². The Labute approximate surface area is 90.2 Å². The van der Waals surface area contributed by atoms with Gasteiger partial charge in [0.2, 0.25) is 0 Å². The number of aliphatic hydroxyl groups is 1. The van der Waals surface area contributed by atoms with Crippen LogP contribution in [0, 0.1) is 11.8 Å². The highest BCUT2D eigenvalue weighted by atomic mass is 16.5. The second kappa shape index (κ2) is 3.76. The first-order chi connectivity index (χ1) is 7.08.